The molecule has 3 heterocycles. The van der Waals surface area contributed by atoms with Crippen molar-refractivity contribution in [3.63, 3.8) is 0 Å². The number of nitrogens with one attached hydrogen (secondary N) is 1. The van der Waals surface area contributed by atoms with Crippen molar-refractivity contribution in [1.82, 2.24) is 10.2 Å². The van der Waals surface area contributed by atoms with Crippen LogP contribution >= 0.6 is 0 Å². The van der Waals surface area contributed by atoms with Gasteiger partial charge in [-0.15, -0.1) is 0 Å². The van der Waals surface area contributed by atoms with Crippen LogP contribution in [0.25, 0.3) is 0 Å². The van der Waals surface area contributed by atoms with E-state index in [-0.39, 0.29) is 31.5 Å². The highest BCUT2D eigenvalue weighted by atomic mass is 16.7. The second-order valence-electron chi connectivity index (χ2n) is 12.7. The molecule has 2 amide bonds. The summed E-state index contributed by atoms with van der Waals surface area (Å²) in [6, 6.07) is 18.9. The van der Waals surface area contributed by atoms with Gasteiger partial charge >= 0.3 is 12.2 Å². The Morgan fingerprint density at radius 2 is 1.63 bits per heavy atom. The average Bonchev–Trinajstić information content (AvgIpc) is 3.69. The number of amides is 2. The minimum absolute atomic E-state index is 0.00919. The van der Waals surface area contributed by atoms with Crippen LogP contribution in [0.15, 0.2) is 72.8 Å². The predicted octanol–water partition coefficient (Wildman–Crippen LogP) is 6.71. The lowest BCUT2D eigenvalue weighted by Gasteiger charge is -2.31. The number of aliphatic hydroxyl groups is 1. The molecule has 9 nitrogen and oxygen atoms in total. The topological polar surface area (TPSA) is 107 Å². The molecule has 2 N–H and O–H groups in total. The first-order valence-electron chi connectivity index (χ1n) is 17.1. The van der Waals surface area contributed by atoms with Crippen molar-refractivity contribution < 1.29 is 33.6 Å². The van der Waals surface area contributed by atoms with Crippen LogP contribution in [0.1, 0.15) is 81.4 Å². The zero-order valence-electron chi connectivity index (χ0n) is 26.8. The highest BCUT2D eigenvalue weighted by Gasteiger charge is 2.44. The van der Waals surface area contributed by atoms with Crippen molar-refractivity contribution in [1.29, 1.82) is 0 Å². The Morgan fingerprint density at radius 3 is 2.41 bits per heavy atom. The maximum atomic E-state index is 13.8. The fraction of sp³-hybridized carbons (Fsp3) is 0.568. The molecular weight excluding hydrogens is 584 g/mol. The number of nitrogens with zero attached hydrogens (tertiary/aromatic N) is 1. The summed E-state index contributed by atoms with van der Waals surface area (Å²) in [5.41, 5.74) is 1.92. The van der Waals surface area contributed by atoms with Gasteiger partial charge in [0.1, 0.15) is 12.2 Å². The number of benzene rings is 2. The Bertz CT molecular complexity index is 1230. The summed E-state index contributed by atoms with van der Waals surface area (Å²) >= 11 is 0. The smallest absolute Gasteiger partial charge is 0.410 e. The number of allylic oxidation sites excluding steroid dienone is 2. The average molecular weight is 635 g/mol. The highest BCUT2D eigenvalue weighted by Crippen LogP contribution is 2.33. The molecule has 5 rings (SSSR count). The van der Waals surface area contributed by atoms with Gasteiger partial charge in [-0.25, -0.2) is 9.59 Å². The largest absolute Gasteiger partial charge is 0.443 e. The maximum absolute atomic E-state index is 13.8. The van der Waals surface area contributed by atoms with Gasteiger partial charge in [0, 0.05) is 6.54 Å². The van der Waals surface area contributed by atoms with E-state index in [0.29, 0.717) is 19.6 Å². The third-order valence-corrected chi connectivity index (χ3v) is 9.19. The number of carbonyl (C=O) groups excluding carboxylic acids is 2. The lowest BCUT2D eigenvalue weighted by atomic mass is 10.0. The molecule has 250 valence electrons. The summed E-state index contributed by atoms with van der Waals surface area (Å²) in [6.45, 7) is 1.32. The van der Waals surface area contributed by atoms with Crippen LogP contribution in [-0.4, -0.2) is 73.0 Å². The van der Waals surface area contributed by atoms with Gasteiger partial charge in [0.2, 0.25) is 0 Å². The molecule has 0 spiro atoms. The van der Waals surface area contributed by atoms with Crippen LogP contribution in [0.2, 0.25) is 0 Å². The first kappa shape index (κ1) is 33.9. The van der Waals surface area contributed by atoms with E-state index >= 15 is 0 Å². The van der Waals surface area contributed by atoms with Crippen molar-refractivity contribution in [2.45, 2.75) is 101 Å². The molecule has 2 saturated heterocycles. The minimum atomic E-state index is -1.07. The first-order valence-corrected chi connectivity index (χ1v) is 17.1. The summed E-state index contributed by atoms with van der Waals surface area (Å²) in [5.74, 6) is 0.00919. The van der Waals surface area contributed by atoms with Gasteiger partial charge in [-0.05, 0) is 68.9 Å². The SMILES string of the molecule is O=C(N[C@@H](Cc1ccccc1)[C@H](O)CN1CCCC/C=C/CCCCCCC(c2ccccc2)OC1=O)O[C@H]1CO[C@H]2OCC[C@H]21. The number of hydrogen-bond donors (Lipinski definition) is 2. The molecule has 3 aliphatic rings. The van der Waals surface area contributed by atoms with Gasteiger partial charge in [-0.3, -0.25) is 0 Å². The summed E-state index contributed by atoms with van der Waals surface area (Å²) < 4.78 is 23.2. The van der Waals surface area contributed by atoms with Gasteiger partial charge < -0.3 is 34.3 Å². The Kier molecular flexibility index (Phi) is 13.3. The normalized spacial score (nSPS) is 26.8. The predicted molar refractivity (Wildman–Crippen MR) is 175 cm³/mol. The summed E-state index contributed by atoms with van der Waals surface area (Å²) in [4.78, 5) is 28.6. The molecule has 46 heavy (non-hydrogen) atoms. The molecule has 2 aromatic rings. The standard InChI is InChI=1S/C37H50N2O7/c40-32(31(25-28-17-11-9-12-18-28)38-36(41)45-34-27-44-35-30(34)22-24-43-35)26-39-23-16-8-6-4-2-1-3-5-7-15-21-33(46-37(39)42)29-19-13-10-14-20-29/h2,4,9-14,17-20,30-35,40H,1,3,5-8,15-16,21-27H2,(H,38,41)/b4-2+/t30-,31-,32+,33?,34-,35+/m0/s1. The fourth-order valence-electron chi connectivity index (χ4n) is 6.54. The first-order chi connectivity index (χ1) is 22.6. The zero-order valence-corrected chi connectivity index (χ0v) is 26.8. The number of carbonyl (C=O) groups is 2. The van der Waals surface area contributed by atoms with E-state index in [9.17, 15) is 14.7 Å². The van der Waals surface area contributed by atoms with Crippen LogP contribution in [0.4, 0.5) is 9.59 Å². The Balaban J connectivity index is 1.29. The second-order valence-corrected chi connectivity index (χ2v) is 12.7. The Labute approximate surface area is 273 Å². The van der Waals surface area contributed by atoms with E-state index in [1.54, 1.807) is 4.90 Å². The van der Waals surface area contributed by atoms with Crippen molar-refractivity contribution in [2.75, 3.05) is 26.3 Å². The number of cyclic esters (lactones) is 1. The summed E-state index contributed by atoms with van der Waals surface area (Å²) in [7, 11) is 0. The molecule has 0 saturated carbocycles. The fourth-order valence-corrected chi connectivity index (χ4v) is 6.54. The minimum Gasteiger partial charge on any atom is -0.443 e. The van der Waals surface area contributed by atoms with Crippen LogP contribution in [0, 0.1) is 5.92 Å². The number of alkyl carbamates (subject to hydrolysis) is 1. The molecule has 1 unspecified atom stereocenters. The van der Waals surface area contributed by atoms with Crippen molar-refractivity contribution >= 4 is 12.2 Å². The number of rotatable bonds is 8. The van der Waals surface area contributed by atoms with E-state index in [0.717, 1.165) is 68.9 Å². The lowest BCUT2D eigenvalue weighted by molar-refractivity contribution is -0.0907. The molecule has 0 radical (unpaired) electrons. The number of fused-ring (bicyclic) bond motifs is 1. The van der Waals surface area contributed by atoms with Crippen molar-refractivity contribution in [3.8, 4) is 0 Å². The maximum Gasteiger partial charge on any atom is 0.410 e. The molecule has 2 fully saturated rings. The molecule has 2 aromatic carbocycles. The number of hydrogen-bond acceptors (Lipinski definition) is 7. The molecule has 3 aliphatic heterocycles. The van der Waals surface area contributed by atoms with E-state index < -0.39 is 30.4 Å². The number of ether oxygens (including phenoxy) is 4. The molecular formula is C37H50N2O7. The van der Waals surface area contributed by atoms with Crippen LogP contribution in [-0.2, 0) is 25.4 Å². The van der Waals surface area contributed by atoms with Crippen molar-refractivity contribution in [2.24, 2.45) is 5.92 Å². The van der Waals surface area contributed by atoms with Crippen molar-refractivity contribution in [3.05, 3.63) is 83.9 Å². The van der Waals surface area contributed by atoms with Gasteiger partial charge in [-0.2, -0.15) is 0 Å². The quantitative estimate of drug-likeness (QED) is 0.311. The Hall–Kier alpha value is -3.40. The third-order valence-electron chi connectivity index (χ3n) is 9.19. The highest BCUT2D eigenvalue weighted by molar-refractivity contribution is 5.69. The summed E-state index contributed by atoms with van der Waals surface area (Å²) in [6.07, 6.45) is 11.2. The molecule has 6 atom stereocenters. The van der Waals surface area contributed by atoms with Gasteiger partial charge in [0.15, 0.2) is 6.29 Å². The molecule has 0 aliphatic carbocycles. The number of aliphatic hydroxyl groups excluding tert-OH is 1. The number of β-amino-alcohol motifs (C(OH)–C–C–N with tert-alkyl or cyclic N) is 1. The molecule has 0 aromatic heterocycles. The van der Waals surface area contributed by atoms with Crippen LogP contribution in [0.3, 0.4) is 0 Å². The molecule has 0 bridgehead atoms. The van der Waals surface area contributed by atoms with Gasteiger partial charge in [0.05, 0.1) is 37.8 Å². The monoisotopic (exact) mass is 634 g/mol. The van der Waals surface area contributed by atoms with Crippen LogP contribution in [0.5, 0.6) is 0 Å². The van der Waals surface area contributed by atoms with E-state index in [1.165, 1.54) is 6.42 Å². The molecule has 9 heteroatoms. The zero-order chi connectivity index (χ0) is 32.0. The summed E-state index contributed by atoms with van der Waals surface area (Å²) in [5, 5.41) is 14.6. The van der Waals surface area contributed by atoms with Gasteiger partial charge in [-0.1, -0.05) is 85.7 Å². The van der Waals surface area contributed by atoms with E-state index in [4.69, 9.17) is 18.9 Å². The van der Waals surface area contributed by atoms with E-state index in [1.807, 2.05) is 60.7 Å². The van der Waals surface area contributed by atoms with Gasteiger partial charge in [0.25, 0.3) is 0 Å². The third kappa shape index (κ3) is 10.3. The van der Waals surface area contributed by atoms with E-state index in [2.05, 4.69) is 17.5 Å². The Morgan fingerprint density at radius 1 is 0.913 bits per heavy atom. The lowest BCUT2D eigenvalue weighted by Crippen LogP contribution is -2.51. The van der Waals surface area contributed by atoms with Crippen LogP contribution < -0.4 is 5.32 Å². The second kappa shape index (κ2) is 18.1.